The van der Waals surface area contributed by atoms with Gasteiger partial charge in [-0.25, -0.2) is 0 Å². The fourth-order valence-electron chi connectivity index (χ4n) is 0.780. The van der Waals surface area contributed by atoms with Crippen LogP contribution in [0.25, 0.3) is 0 Å². The Labute approximate surface area is 68.5 Å². The largest absolute Gasteiger partial charge is 0.637 e. The monoisotopic (exact) mass is 161 g/mol. The van der Waals surface area contributed by atoms with Crippen LogP contribution in [0.4, 0.5) is 0 Å². The summed E-state index contributed by atoms with van der Waals surface area (Å²) < 4.78 is 0. The zero-order chi connectivity index (χ0) is 9.11. The van der Waals surface area contributed by atoms with Gasteiger partial charge >= 0.3 is 0 Å². The molecule has 0 unspecified atom stereocenters. The predicted octanol–water partition coefficient (Wildman–Crippen LogP) is 1.13. The molecule has 0 bridgehead atoms. The first kappa shape index (κ1) is 13.2. The number of rotatable bonds is 5. The summed E-state index contributed by atoms with van der Waals surface area (Å²) in [5, 5.41) is 8.00. The molecule has 0 aromatic carbocycles. The Kier molecular flexibility index (Phi) is 14.7. The van der Waals surface area contributed by atoms with Crippen LogP contribution in [-0.4, -0.2) is 6.29 Å². The zero-order valence-electron chi connectivity index (χ0n) is 7.51. The third kappa shape index (κ3) is 17.7. The van der Waals surface area contributed by atoms with Crippen LogP contribution in [0.2, 0.25) is 0 Å². The van der Waals surface area contributed by atoms with Gasteiger partial charge in [0.25, 0.3) is 0 Å². The topological polar surface area (TPSA) is 67.8 Å². The number of aldehydes is 1. The Hall–Kier alpha value is -0.410. The summed E-state index contributed by atoms with van der Waals surface area (Å²) in [6.45, 7) is 4.42. The second-order valence-corrected chi connectivity index (χ2v) is 2.84. The van der Waals surface area contributed by atoms with Crippen molar-refractivity contribution in [3.63, 3.8) is 0 Å². The number of carbonyl (C=O) groups is 1. The van der Waals surface area contributed by atoms with E-state index in [0.717, 1.165) is 25.0 Å². The maximum atomic E-state index is 9.85. The molecule has 0 aliphatic heterocycles. The lowest BCUT2D eigenvalue weighted by atomic mass is 10.1. The van der Waals surface area contributed by atoms with Crippen LogP contribution < -0.4 is 5.90 Å². The Morgan fingerprint density at radius 2 is 1.91 bits per heavy atom. The van der Waals surface area contributed by atoms with E-state index in [0.29, 0.717) is 0 Å². The molecular formula is C8H19NO2. The normalized spacial score (nSPS) is 8.82. The summed E-state index contributed by atoms with van der Waals surface area (Å²) in [5.74, 6) is 2.79. The first-order valence-electron chi connectivity index (χ1n) is 4.00. The van der Waals surface area contributed by atoms with E-state index in [1.807, 2.05) is 5.90 Å². The molecule has 0 spiro atoms. The van der Waals surface area contributed by atoms with E-state index in [-0.39, 0.29) is 0 Å². The quantitative estimate of drug-likeness (QED) is 0.373. The molecule has 0 atom stereocenters. The minimum atomic E-state index is 0.743. The first-order chi connectivity index (χ1) is 5.27. The Balaban J connectivity index is 0. The van der Waals surface area contributed by atoms with Gasteiger partial charge in [0, 0.05) is 6.42 Å². The number of quaternary nitrogens is 1. The summed E-state index contributed by atoms with van der Waals surface area (Å²) in [6.07, 6.45) is 5.28. The number of hydrogen-bond donors (Lipinski definition) is 1. The molecule has 0 heterocycles. The van der Waals surface area contributed by atoms with Crippen LogP contribution in [0, 0.1) is 11.1 Å². The van der Waals surface area contributed by atoms with Gasteiger partial charge in [0.15, 0.2) is 0 Å². The first-order valence-corrected chi connectivity index (χ1v) is 4.00. The van der Waals surface area contributed by atoms with E-state index in [4.69, 9.17) is 5.21 Å². The van der Waals surface area contributed by atoms with Crippen molar-refractivity contribution in [1.82, 2.24) is 0 Å². The Bertz CT molecular complexity index is 74.5. The van der Waals surface area contributed by atoms with Crippen molar-refractivity contribution in [2.75, 3.05) is 0 Å². The average Bonchev–Trinajstić information content (AvgIpc) is 2.02. The van der Waals surface area contributed by atoms with E-state index in [2.05, 4.69) is 13.8 Å². The minimum absolute atomic E-state index is 0.743. The summed E-state index contributed by atoms with van der Waals surface area (Å²) >= 11 is 0. The van der Waals surface area contributed by atoms with E-state index >= 15 is 0 Å². The van der Waals surface area contributed by atoms with Gasteiger partial charge in [0.2, 0.25) is 0 Å². The SMILES string of the molecule is CC(C)CCCCC=O.[NH3+][O-]. The fraction of sp³-hybridized carbons (Fsp3) is 0.875. The van der Waals surface area contributed by atoms with E-state index in [1.54, 1.807) is 0 Å². The minimum Gasteiger partial charge on any atom is -0.637 e. The number of carbonyl (C=O) groups excluding carboxylic acids is 1. The molecule has 0 fully saturated rings. The van der Waals surface area contributed by atoms with Crippen LogP contribution in [0.5, 0.6) is 0 Å². The lowest BCUT2D eigenvalue weighted by Gasteiger charge is -2.00. The van der Waals surface area contributed by atoms with Crippen molar-refractivity contribution >= 4 is 6.29 Å². The smallest absolute Gasteiger partial charge is 0.119 e. The van der Waals surface area contributed by atoms with Crippen molar-refractivity contribution in [2.45, 2.75) is 39.5 Å². The second-order valence-electron chi connectivity index (χ2n) is 2.84. The maximum Gasteiger partial charge on any atom is 0.119 e. The summed E-state index contributed by atoms with van der Waals surface area (Å²) in [5.41, 5.74) is 0. The highest BCUT2D eigenvalue weighted by Crippen LogP contribution is 2.06. The van der Waals surface area contributed by atoms with Crippen LogP contribution >= 0.6 is 0 Å². The van der Waals surface area contributed by atoms with Gasteiger partial charge in [0.1, 0.15) is 6.29 Å². The molecule has 3 nitrogen and oxygen atoms in total. The van der Waals surface area contributed by atoms with Crippen LogP contribution in [0.15, 0.2) is 0 Å². The Morgan fingerprint density at radius 3 is 2.27 bits per heavy atom. The summed E-state index contributed by atoms with van der Waals surface area (Å²) in [4.78, 5) is 9.85. The molecule has 0 aromatic rings. The zero-order valence-corrected chi connectivity index (χ0v) is 7.51. The van der Waals surface area contributed by atoms with Gasteiger partial charge in [-0.3, -0.25) is 0 Å². The Morgan fingerprint density at radius 1 is 1.36 bits per heavy atom. The molecule has 0 aliphatic rings. The number of unbranched alkanes of at least 4 members (excludes halogenated alkanes) is 2. The molecule has 0 aliphatic carbocycles. The third-order valence-electron chi connectivity index (χ3n) is 1.35. The highest BCUT2D eigenvalue weighted by molar-refractivity contribution is 5.48. The predicted molar refractivity (Wildman–Crippen MR) is 45.6 cm³/mol. The molecule has 3 N–H and O–H groups in total. The molecule has 0 rings (SSSR count). The van der Waals surface area contributed by atoms with Gasteiger partial charge in [-0.15, -0.1) is 0 Å². The second kappa shape index (κ2) is 12.3. The molecule has 3 heteroatoms. The van der Waals surface area contributed by atoms with Crippen molar-refractivity contribution in [1.29, 1.82) is 0 Å². The number of hydrogen-bond acceptors (Lipinski definition) is 2. The van der Waals surface area contributed by atoms with Gasteiger partial charge in [-0.05, 0) is 12.3 Å². The van der Waals surface area contributed by atoms with Gasteiger partial charge in [-0.2, -0.15) is 0 Å². The van der Waals surface area contributed by atoms with Gasteiger partial charge in [-0.1, -0.05) is 26.7 Å². The van der Waals surface area contributed by atoms with Crippen molar-refractivity contribution in [3.05, 3.63) is 5.21 Å². The highest BCUT2D eigenvalue weighted by atomic mass is 16.4. The average molecular weight is 161 g/mol. The lowest BCUT2D eigenvalue weighted by molar-refractivity contribution is -0.275. The van der Waals surface area contributed by atoms with Crippen molar-refractivity contribution < 1.29 is 10.7 Å². The summed E-state index contributed by atoms with van der Waals surface area (Å²) in [7, 11) is 0. The molecule has 68 valence electrons. The summed E-state index contributed by atoms with van der Waals surface area (Å²) in [6, 6.07) is 0. The molecule has 11 heavy (non-hydrogen) atoms. The molecule has 0 aromatic heterocycles. The molecule has 0 saturated carbocycles. The van der Waals surface area contributed by atoms with Crippen LogP contribution in [0.1, 0.15) is 39.5 Å². The lowest BCUT2D eigenvalue weighted by Crippen LogP contribution is -2.37. The van der Waals surface area contributed by atoms with E-state index in [1.165, 1.54) is 12.8 Å². The van der Waals surface area contributed by atoms with Gasteiger partial charge < -0.3 is 15.9 Å². The molecular weight excluding hydrogens is 142 g/mol. The fourth-order valence-corrected chi connectivity index (χ4v) is 0.780. The third-order valence-corrected chi connectivity index (χ3v) is 1.35. The maximum absolute atomic E-state index is 9.85. The molecule has 0 amide bonds. The van der Waals surface area contributed by atoms with Gasteiger partial charge in [0.05, 0.1) is 0 Å². The van der Waals surface area contributed by atoms with Crippen LogP contribution in [0.3, 0.4) is 0 Å². The molecule has 0 radical (unpaired) electrons. The van der Waals surface area contributed by atoms with E-state index in [9.17, 15) is 4.79 Å². The molecule has 0 saturated heterocycles. The standard InChI is InChI=1S/C8H16O.H3NO/c1-8(2)6-4-3-5-7-9;1-2/h7-8H,3-6H2,1-2H3;1H3. The van der Waals surface area contributed by atoms with Crippen LogP contribution in [-0.2, 0) is 4.79 Å². The van der Waals surface area contributed by atoms with Crippen molar-refractivity contribution in [3.8, 4) is 0 Å². The highest BCUT2D eigenvalue weighted by Gasteiger charge is 1.92. The van der Waals surface area contributed by atoms with Crippen molar-refractivity contribution in [2.24, 2.45) is 5.92 Å². The van der Waals surface area contributed by atoms with E-state index < -0.39 is 0 Å².